The standard InChI is InChI=1S/C22H21F2N3O4/c1-11-8-25-21(30-3)12(2)19(11)14-6-18(24)15(7-17(14)23)20-16(22(28)29)9-26-27(20)13-4-5-31-10-13/h6-9,13H,4-5,10H2,1-3H3,(H,28,29). The largest absolute Gasteiger partial charge is 0.481 e. The topological polar surface area (TPSA) is 86.5 Å². The number of carbonyl (C=O) groups is 1. The molecule has 0 amide bonds. The van der Waals surface area contributed by atoms with Crippen LogP contribution in [0, 0.1) is 25.5 Å². The van der Waals surface area contributed by atoms with Gasteiger partial charge in [0.15, 0.2) is 0 Å². The van der Waals surface area contributed by atoms with Crippen LogP contribution in [0.25, 0.3) is 22.4 Å². The quantitative estimate of drug-likeness (QED) is 0.655. The number of ether oxygens (including phenoxy) is 2. The second-order valence-corrected chi connectivity index (χ2v) is 7.44. The van der Waals surface area contributed by atoms with E-state index in [1.165, 1.54) is 18.0 Å². The van der Waals surface area contributed by atoms with E-state index in [0.29, 0.717) is 42.2 Å². The van der Waals surface area contributed by atoms with Crippen LogP contribution in [0.15, 0.2) is 24.5 Å². The third-order valence-corrected chi connectivity index (χ3v) is 5.52. The molecule has 1 aliphatic rings. The predicted molar refractivity (Wildman–Crippen MR) is 108 cm³/mol. The highest BCUT2D eigenvalue weighted by Gasteiger charge is 2.29. The predicted octanol–water partition coefficient (Wildman–Crippen LogP) is 4.18. The fourth-order valence-electron chi connectivity index (χ4n) is 4.04. The SMILES string of the molecule is COc1ncc(C)c(-c2cc(F)c(-c3c(C(=O)O)cnn3C3CCOC3)cc2F)c1C. The molecule has 0 aliphatic carbocycles. The summed E-state index contributed by atoms with van der Waals surface area (Å²) < 4.78 is 42.7. The average molecular weight is 429 g/mol. The minimum atomic E-state index is -1.27. The van der Waals surface area contributed by atoms with E-state index in [0.717, 1.165) is 18.3 Å². The number of methoxy groups -OCH3 is 1. The number of pyridine rings is 1. The van der Waals surface area contributed by atoms with Gasteiger partial charge in [-0.25, -0.2) is 18.6 Å². The minimum absolute atomic E-state index is 0.0201. The van der Waals surface area contributed by atoms with E-state index in [1.54, 1.807) is 13.8 Å². The number of aryl methyl sites for hydroxylation is 1. The van der Waals surface area contributed by atoms with Crippen LogP contribution in [0.3, 0.4) is 0 Å². The van der Waals surface area contributed by atoms with Crippen LogP contribution in [-0.2, 0) is 4.74 Å². The van der Waals surface area contributed by atoms with Crippen molar-refractivity contribution in [2.75, 3.05) is 20.3 Å². The summed E-state index contributed by atoms with van der Waals surface area (Å²) in [5.74, 6) is -2.40. The molecule has 1 N–H and O–H groups in total. The molecule has 1 fully saturated rings. The third kappa shape index (κ3) is 3.54. The highest BCUT2D eigenvalue weighted by molar-refractivity contribution is 5.95. The lowest BCUT2D eigenvalue weighted by molar-refractivity contribution is 0.0697. The summed E-state index contributed by atoms with van der Waals surface area (Å²) in [4.78, 5) is 15.9. The molecule has 0 saturated carbocycles. The maximum atomic E-state index is 15.4. The highest BCUT2D eigenvalue weighted by Crippen LogP contribution is 2.38. The molecule has 2 aromatic heterocycles. The molecule has 7 nitrogen and oxygen atoms in total. The number of aromatic carboxylic acids is 1. The minimum Gasteiger partial charge on any atom is -0.481 e. The number of benzene rings is 1. The molecule has 1 atom stereocenters. The molecule has 1 saturated heterocycles. The Morgan fingerprint density at radius 1 is 1.23 bits per heavy atom. The number of carboxylic acid groups (broad SMARTS) is 1. The normalized spacial score (nSPS) is 16.0. The summed E-state index contributed by atoms with van der Waals surface area (Å²) in [6.45, 7) is 4.28. The number of halogens is 2. The van der Waals surface area contributed by atoms with Crippen molar-refractivity contribution in [3.8, 4) is 28.3 Å². The smallest absolute Gasteiger partial charge is 0.339 e. The van der Waals surface area contributed by atoms with Gasteiger partial charge in [-0.2, -0.15) is 5.10 Å². The van der Waals surface area contributed by atoms with Gasteiger partial charge in [-0.15, -0.1) is 0 Å². The van der Waals surface area contributed by atoms with Crippen LogP contribution in [0.5, 0.6) is 5.88 Å². The summed E-state index contributed by atoms with van der Waals surface area (Å²) >= 11 is 0. The molecular formula is C22H21F2N3O4. The Hall–Kier alpha value is -3.33. The van der Waals surface area contributed by atoms with E-state index in [1.807, 2.05) is 0 Å². The molecule has 0 bridgehead atoms. The molecule has 3 aromatic rings. The van der Waals surface area contributed by atoms with Gasteiger partial charge < -0.3 is 14.6 Å². The number of carboxylic acids is 1. The molecule has 4 rings (SSSR count). The molecule has 0 radical (unpaired) electrons. The third-order valence-electron chi connectivity index (χ3n) is 5.52. The Balaban J connectivity index is 1.91. The summed E-state index contributed by atoms with van der Waals surface area (Å²) in [5.41, 5.74) is 1.41. The molecule has 162 valence electrons. The van der Waals surface area contributed by atoms with Gasteiger partial charge in [-0.05, 0) is 43.5 Å². The molecule has 9 heteroatoms. The Morgan fingerprint density at radius 2 is 1.94 bits per heavy atom. The van der Waals surface area contributed by atoms with E-state index in [-0.39, 0.29) is 28.4 Å². The molecule has 31 heavy (non-hydrogen) atoms. The number of hydrogen-bond donors (Lipinski definition) is 1. The Bertz CT molecular complexity index is 1170. The zero-order valence-corrected chi connectivity index (χ0v) is 17.3. The van der Waals surface area contributed by atoms with Gasteiger partial charge in [-0.3, -0.25) is 4.68 Å². The van der Waals surface area contributed by atoms with Crippen molar-refractivity contribution in [2.45, 2.75) is 26.3 Å². The fraction of sp³-hybridized carbons (Fsp3) is 0.318. The van der Waals surface area contributed by atoms with Crippen molar-refractivity contribution in [1.29, 1.82) is 0 Å². The number of nitrogens with zero attached hydrogens (tertiary/aromatic N) is 3. The van der Waals surface area contributed by atoms with Crippen molar-refractivity contribution in [3.63, 3.8) is 0 Å². The van der Waals surface area contributed by atoms with Crippen LogP contribution in [0.2, 0.25) is 0 Å². The van der Waals surface area contributed by atoms with Crippen molar-refractivity contribution >= 4 is 5.97 Å². The van der Waals surface area contributed by atoms with Gasteiger partial charge in [0.05, 0.1) is 31.6 Å². The molecule has 1 aromatic carbocycles. The molecular weight excluding hydrogens is 408 g/mol. The Kier molecular flexibility index (Phi) is 5.45. The second kappa shape index (κ2) is 8.07. The number of hydrogen-bond acceptors (Lipinski definition) is 5. The zero-order chi connectivity index (χ0) is 22.3. The van der Waals surface area contributed by atoms with Crippen LogP contribution < -0.4 is 4.74 Å². The molecule has 0 spiro atoms. The van der Waals surface area contributed by atoms with Crippen molar-refractivity contribution in [3.05, 3.63) is 52.9 Å². The first-order valence-electron chi connectivity index (χ1n) is 9.72. The van der Waals surface area contributed by atoms with Gasteiger partial charge in [0, 0.05) is 29.5 Å². The summed E-state index contributed by atoms with van der Waals surface area (Å²) in [5, 5.41) is 13.7. The second-order valence-electron chi connectivity index (χ2n) is 7.44. The lowest BCUT2D eigenvalue weighted by atomic mass is 9.94. The number of aromatic nitrogens is 3. The van der Waals surface area contributed by atoms with Gasteiger partial charge in [0.1, 0.15) is 17.2 Å². The van der Waals surface area contributed by atoms with E-state index < -0.39 is 17.6 Å². The number of rotatable bonds is 5. The first-order valence-corrected chi connectivity index (χ1v) is 9.72. The van der Waals surface area contributed by atoms with Crippen LogP contribution in [-0.4, -0.2) is 46.2 Å². The van der Waals surface area contributed by atoms with Crippen molar-refractivity contribution in [1.82, 2.24) is 14.8 Å². The Morgan fingerprint density at radius 3 is 2.58 bits per heavy atom. The van der Waals surface area contributed by atoms with Crippen LogP contribution >= 0.6 is 0 Å². The summed E-state index contributed by atoms with van der Waals surface area (Å²) in [6, 6.07) is 1.85. The monoisotopic (exact) mass is 429 g/mol. The maximum Gasteiger partial charge on any atom is 0.339 e. The molecule has 3 heterocycles. The lowest BCUT2D eigenvalue weighted by Crippen LogP contribution is -2.13. The van der Waals surface area contributed by atoms with E-state index in [2.05, 4.69) is 10.1 Å². The van der Waals surface area contributed by atoms with Crippen LogP contribution in [0.1, 0.15) is 33.9 Å². The zero-order valence-electron chi connectivity index (χ0n) is 17.3. The van der Waals surface area contributed by atoms with Crippen LogP contribution in [0.4, 0.5) is 8.78 Å². The fourth-order valence-corrected chi connectivity index (χ4v) is 4.04. The first kappa shape index (κ1) is 20.9. The van der Waals surface area contributed by atoms with Crippen molar-refractivity contribution in [2.24, 2.45) is 0 Å². The molecule has 1 aliphatic heterocycles. The first-order chi connectivity index (χ1) is 14.8. The lowest BCUT2D eigenvalue weighted by Gasteiger charge is -2.17. The van der Waals surface area contributed by atoms with Crippen molar-refractivity contribution < 1.29 is 28.2 Å². The maximum absolute atomic E-state index is 15.4. The summed E-state index contributed by atoms with van der Waals surface area (Å²) in [6.07, 6.45) is 3.29. The van der Waals surface area contributed by atoms with E-state index in [4.69, 9.17) is 9.47 Å². The Labute approximate surface area is 177 Å². The summed E-state index contributed by atoms with van der Waals surface area (Å²) in [7, 11) is 1.45. The van der Waals surface area contributed by atoms with Gasteiger partial charge in [0.2, 0.25) is 5.88 Å². The molecule has 1 unspecified atom stereocenters. The van der Waals surface area contributed by atoms with E-state index in [9.17, 15) is 9.90 Å². The van der Waals surface area contributed by atoms with Gasteiger partial charge in [-0.1, -0.05) is 0 Å². The van der Waals surface area contributed by atoms with E-state index >= 15 is 8.78 Å². The average Bonchev–Trinajstić information content (AvgIpc) is 3.40. The van der Waals surface area contributed by atoms with Gasteiger partial charge in [0.25, 0.3) is 0 Å². The van der Waals surface area contributed by atoms with Gasteiger partial charge >= 0.3 is 5.97 Å². The highest BCUT2D eigenvalue weighted by atomic mass is 19.1.